The van der Waals surface area contributed by atoms with Gasteiger partial charge in [-0.15, -0.1) is 0 Å². The fourth-order valence-corrected chi connectivity index (χ4v) is 3.74. The van der Waals surface area contributed by atoms with Crippen molar-refractivity contribution in [2.75, 3.05) is 14.0 Å². The zero-order valence-corrected chi connectivity index (χ0v) is 16.0. The van der Waals surface area contributed by atoms with Gasteiger partial charge in [0.25, 0.3) is 0 Å². The van der Waals surface area contributed by atoms with Crippen LogP contribution in [0, 0.1) is 0 Å². The zero-order chi connectivity index (χ0) is 16.0. The quantitative estimate of drug-likeness (QED) is 0.569. The van der Waals surface area contributed by atoms with Gasteiger partial charge in [-0.2, -0.15) is 0 Å². The monoisotopic (exact) mass is 556 g/mol. The first-order valence-corrected chi connectivity index (χ1v) is 9.49. The van der Waals surface area contributed by atoms with E-state index in [2.05, 4.69) is 57.1 Å². The van der Waals surface area contributed by atoms with Crippen molar-refractivity contribution in [3.63, 3.8) is 0 Å². The van der Waals surface area contributed by atoms with E-state index >= 15 is 0 Å². The van der Waals surface area contributed by atoms with Crippen LogP contribution in [0.25, 0.3) is 0 Å². The van der Waals surface area contributed by atoms with Gasteiger partial charge in [0.2, 0.25) is 0 Å². The zero-order valence-electron chi connectivity index (χ0n) is 12.6. The SMILES string of the molecule is [2H]c1cnc(Nc2ccc3c(c2)C2CCC3N2)nc1[N]([Re])[CH2][Rh]. The Balaban J connectivity index is 1.61. The molecule has 0 radical (unpaired) electrons. The second-order valence-electron chi connectivity index (χ2n) is 5.45. The molecule has 2 atom stereocenters. The molecule has 0 aliphatic carbocycles. The van der Waals surface area contributed by atoms with Crippen LogP contribution < -0.4 is 14.2 Å². The van der Waals surface area contributed by atoms with Crippen molar-refractivity contribution in [2.24, 2.45) is 0 Å². The third-order valence-corrected chi connectivity index (χ3v) is 6.88. The van der Waals surface area contributed by atoms with Crippen molar-refractivity contribution in [3.05, 3.63) is 41.6 Å². The van der Waals surface area contributed by atoms with Crippen LogP contribution in [-0.2, 0) is 37.7 Å². The average Bonchev–Trinajstić information content (AvgIpc) is 3.18. The summed E-state index contributed by atoms with van der Waals surface area (Å²) in [5.41, 5.74) is 3.82. The number of benzene rings is 1. The number of anilines is 3. The number of nitrogens with zero attached hydrogens (tertiary/aromatic N) is 3. The van der Waals surface area contributed by atoms with E-state index in [9.17, 15) is 0 Å². The average molecular weight is 555 g/mol. The van der Waals surface area contributed by atoms with E-state index in [1.165, 1.54) is 43.4 Å². The summed E-state index contributed by atoms with van der Waals surface area (Å²) in [5, 5.41) is 7.62. The fourth-order valence-electron chi connectivity index (χ4n) is 3.18. The molecule has 2 aliphatic heterocycles. The molecule has 4 rings (SSSR count). The molecule has 2 aromatic rings. The molecule has 2 unspecified atom stereocenters. The van der Waals surface area contributed by atoms with Crippen LogP contribution >= 0.6 is 0 Å². The molecule has 0 saturated carbocycles. The van der Waals surface area contributed by atoms with Crippen LogP contribution in [0.4, 0.5) is 17.5 Å². The molecule has 116 valence electrons. The van der Waals surface area contributed by atoms with Crippen molar-refractivity contribution < 1.29 is 39.1 Å². The van der Waals surface area contributed by atoms with Gasteiger partial charge in [-0.05, 0) is 0 Å². The van der Waals surface area contributed by atoms with Crippen molar-refractivity contribution >= 4 is 17.5 Å². The first-order chi connectivity index (χ1) is 11.2. The molecule has 1 aromatic heterocycles. The molecule has 2 N–H and O–H groups in total. The van der Waals surface area contributed by atoms with Gasteiger partial charge in [0.05, 0.1) is 0 Å². The van der Waals surface area contributed by atoms with Crippen LogP contribution in [-0.4, -0.2) is 15.1 Å². The Morgan fingerprint density at radius 2 is 2.23 bits per heavy atom. The Kier molecular flexibility index (Phi) is 3.69. The van der Waals surface area contributed by atoms with Crippen LogP contribution in [0.3, 0.4) is 0 Å². The molecular weight excluding hydrogens is 539 g/mol. The van der Waals surface area contributed by atoms with E-state index in [0.717, 1.165) is 5.69 Å². The van der Waals surface area contributed by atoms with Gasteiger partial charge in [0.15, 0.2) is 0 Å². The first-order valence-electron chi connectivity index (χ1n) is 7.62. The second-order valence-corrected chi connectivity index (χ2v) is 7.43. The van der Waals surface area contributed by atoms with Gasteiger partial charge in [-0.1, -0.05) is 0 Å². The molecule has 7 heteroatoms. The molecule has 5 nitrogen and oxygen atoms in total. The maximum absolute atomic E-state index is 7.93. The molecule has 3 heterocycles. The number of fused-ring (bicyclic) bond motifs is 5. The topological polar surface area (TPSA) is 53.1 Å². The van der Waals surface area contributed by atoms with E-state index < -0.39 is 0 Å². The number of nitrogens with one attached hydrogen (secondary N) is 2. The predicted octanol–water partition coefficient (Wildman–Crippen LogP) is 2.47. The second kappa shape index (κ2) is 5.98. The van der Waals surface area contributed by atoms with Gasteiger partial charge < -0.3 is 0 Å². The summed E-state index contributed by atoms with van der Waals surface area (Å²) in [7, 11) is 0. The fraction of sp³-hybridized carbons (Fsp3) is 0.333. The molecule has 1 saturated heterocycles. The minimum atomic E-state index is 0.339. The summed E-state index contributed by atoms with van der Waals surface area (Å²) in [6, 6.07) is 7.85. The number of rotatable bonds is 4. The van der Waals surface area contributed by atoms with E-state index in [-0.39, 0.29) is 0 Å². The van der Waals surface area contributed by atoms with Crippen LogP contribution in [0.15, 0.2) is 30.4 Å². The molecular formula is C15H15N5ReRh. The third kappa shape index (κ3) is 2.61. The number of aromatic nitrogens is 2. The summed E-state index contributed by atoms with van der Waals surface area (Å²) in [4.78, 5) is 8.71. The van der Waals surface area contributed by atoms with Crippen molar-refractivity contribution in [2.45, 2.75) is 24.9 Å². The van der Waals surface area contributed by atoms with Gasteiger partial charge in [0, 0.05) is 0 Å². The van der Waals surface area contributed by atoms with E-state index in [0.29, 0.717) is 35.0 Å². The van der Waals surface area contributed by atoms with Gasteiger partial charge in [-0.25, -0.2) is 0 Å². The summed E-state index contributed by atoms with van der Waals surface area (Å²) in [6.07, 6.45) is 4.00. The maximum atomic E-state index is 7.93. The molecule has 2 bridgehead atoms. The molecule has 0 spiro atoms. The molecule has 1 fully saturated rings. The summed E-state index contributed by atoms with van der Waals surface area (Å²) in [5.74, 6) is 1.17. The van der Waals surface area contributed by atoms with Crippen molar-refractivity contribution in [1.29, 1.82) is 0 Å². The first kappa shape index (κ1) is 13.6. The molecule has 2 aliphatic rings. The van der Waals surface area contributed by atoms with Crippen molar-refractivity contribution in [1.82, 2.24) is 15.3 Å². The predicted molar refractivity (Wildman–Crippen MR) is 77.0 cm³/mol. The number of hydrogen-bond donors (Lipinski definition) is 2. The Morgan fingerprint density at radius 3 is 3.05 bits per heavy atom. The molecule has 22 heavy (non-hydrogen) atoms. The standard InChI is InChI=1S/C15H15N5.Re.Rh/c1-16-14-6-7-17-15(20-14)18-9-2-3-10-11(8-9)13-5-4-12(10)19-13;;/h2-3,6-8,12-13,19H,1,4-5H2,(H-,16,17,18,20);;/q-1;+1;/i6D;;. The van der Waals surface area contributed by atoms with Gasteiger partial charge in [-0.3, -0.25) is 0 Å². The Hall–Kier alpha value is -0.854. The van der Waals surface area contributed by atoms with Crippen LogP contribution in [0.5, 0.6) is 0 Å². The molecule has 0 amide bonds. The Bertz CT molecular complexity index is 759. The van der Waals surface area contributed by atoms with Crippen molar-refractivity contribution in [3.8, 4) is 0 Å². The normalized spacial score (nSPS) is 22.4. The Labute approximate surface area is 152 Å². The van der Waals surface area contributed by atoms with E-state index in [1.54, 1.807) is 6.20 Å². The summed E-state index contributed by atoms with van der Waals surface area (Å²) < 4.78 is 9.88. The summed E-state index contributed by atoms with van der Waals surface area (Å²) >= 11 is 4.31. The Morgan fingerprint density at radius 1 is 1.41 bits per heavy atom. The van der Waals surface area contributed by atoms with Gasteiger partial charge >= 0.3 is 152 Å². The third-order valence-electron chi connectivity index (χ3n) is 4.15. The van der Waals surface area contributed by atoms with Crippen LogP contribution in [0.1, 0.15) is 37.4 Å². The minimum absolute atomic E-state index is 0.339. The summed E-state index contributed by atoms with van der Waals surface area (Å²) in [6.45, 7) is 0. The van der Waals surface area contributed by atoms with E-state index in [4.69, 9.17) is 1.37 Å². The number of hydrogen-bond acceptors (Lipinski definition) is 5. The van der Waals surface area contributed by atoms with E-state index in [1.807, 2.05) is 3.53 Å². The molecule has 1 aromatic carbocycles. The van der Waals surface area contributed by atoms with Crippen LogP contribution in [0.2, 0.25) is 0 Å². The van der Waals surface area contributed by atoms with Gasteiger partial charge in [0.1, 0.15) is 0 Å².